The third-order valence-corrected chi connectivity index (χ3v) is 2.44. The van der Waals surface area contributed by atoms with Crippen LogP contribution in [0.5, 0.6) is 0 Å². The van der Waals surface area contributed by atoms with E-state index in [1.807, 2.05) is 31.2 Å². The number of nitrogens with one attached hydrogen (secondary N) is 2. The molecule has 5 heteroatoms. The van der Waals surface area contributed by atoms with Gasteiger partial charge < -0.3 is 11.1 Å². The van der Waals surface area contributed by atoms with Crippen LogP contribution >= 0.6 is 0 Å². The van der Waals surface area contributed by atoms with E-state index in [0.29, 0.717) is 5.69 Å². The van der Waals surface area contributed by atoms with E-state index in [2.05, 4.69) is 15.5 Å². The number of carbonyl (C=O) groups excluding carboxylic acids is 1. The van der Waals surface area contributed by atoms with E-state index in [-0.39, 0.29) is 11.9 Å². The van der Waals surface area contributed by atoms with E-state index in [0.717, 1.165) is 11.3 Å². The molecule has 0 spiro atoms. The summed E-state index contributed by atoms with van der Waals surface area (Å²) in [5, 5.41) is 9.08. The zero-order chi connectivity index (χ0) is 12.3. The van der Waals surface area contributed by atoms with Gasteiger partial charge in [-0.15, -0.1) is 0 Å². The first kappa shape index (κ1) is 11.3. The van der Waals surface area contributed by atoms with Gasteiger partial charge in [0.15, 0.2) is 0 Å². The van der Waals surface area contributed by atoms with Crippen LogP contribution in [0, 0.1) is 0 Å². The van der Waals surface area contributed by atoms with Gasteiger partial charge >= 0.3 is 0 Å². The van der Waals surface area contributed by atoms with Gasteiger partial charge in [-0.3, -0.25) is 9.89 Å². The number of anilines is 1. The largest absolute Gasteiger partial charge is 0.324 e. The molecule has 1 amide bonds. The van der Waals surface area contributed by atoms with Crippen LogP contribution in [0.15, 0.2) is 36.5 Å². The van der Waals surface area contributed by atoms with Gasteiger partial charge in [-0.2, -0.15) is 5.10 Å². The molecule has 0 radical (unpaired) electrons. The maximum atomic E-state index is 11.7. The van der Waals surface area contributed by atoms with Crippen molar-refractivity contribution in [3.63, 3.8) is 0 Å². The molecule has 88 valence electrons. The lowest BCUT2D eigenvalue weighted by atomic mass is 10.1. The maximum absolute atomic E-state index is 11.7. The molecule has 1 unspecified atom stereocenters. The van der Waals surface area contributed by atoms with Crippen molar-refractivity contribution >= 4 is 11.6 Å². The fourth-order valence-corrected chi connectivity index (χ4v) is 1.45. The number of carbonyl (C=O) groups is 1. The predicted molar refractivity (Wildman–Crippen MR) is 65.6 cm³/mol. The Kier molecular flexibility index (Phi) is 3.20. The monoisotopic (exact) mass is 230 g/mol. The molecule has 5 nitrogen and oxygen atoms in total. The number of benzene rings is 1. The number of rotatable bonds is 3. The zero-order valence-electron chi connectivity index (χ0n) is 9.47. The summed E-state index contributed by atoms with van der Waals surface area (Å²) in [5.41, 5.74) is 7.94. The summed E-state index contributed by atoms with van der Waals surface area (Å²) < 4.78 is 0. The Hall–Kier alpha value is -2.14. The number of nitrogens with two attached hydrogens (primary N) is 1. The highest BCUT2D eigenvalue weighted by Crippen LogP contribution is 2.14. The van der Waals surface area contributed by atoms with Crippen LogP contribution in [-0.4, -0.2) is 16.1 Å². The van der Waals surface area contributed by atoms with Gasteiger partial charge in [0, 0.05) is 17.9 Å². The molecule has 17 heavy (non-hydrogen) atoms. The molecule has 4 N–H and O–H groups in total. The molecule has 0 aliphatic rings. The van der Waals surface area contributed by atoms with Crippen molar-refractivity contribution in [1.29, 1.82) is 0 Å². The molecule has 2 aromatic rings. The van der Waals surface area contributed by atoms with E-state index in [1.54, 1.807) is 6.07 Å². The molecule has 0 aliphatic carbocycles. The fraction of sp³-hybridized carbons (Fsp3) is 0.167. The molecule has 0 fully saturated rings. The second-order valence-corrected chi connectivity index (χ2v) is 3.84. The second-order valence-electron chi connectivity index (χ2n) is 3.84. The summed E-state index contributed by atoms with van der Waals surface area (Å²) in [5.74, 6) is -0.212. The molecule has 1 atom stereocenters. The Balaban J connectivity index is 2.07. The van der Waals surface area contributed by atoms with Gasteiger partial charge in [0.25, 0.3) is 5.91 Å². The minimum Gasteiger partial charge on any atom is -0.324 e. The molecular formula is C12H14N4O. The van der Waals surface area contributed by atoms with Crippen molar-refractivity contribution in [3.8, 4) is 0 Å². The van der Waals surface area contributed by atoms with Crippen molar-refractivity contribution in [2.45, 2.75) is 13.0 Å². The minimum atomic E-state index is -0.212. The van der Waals surface area contributed by atoms with Gasteiger partial charge in [-0.25, -0.2) is 0 Å². The normalized spacial score (nSPS) is 12.1. The lowest BCUT2D eigenvalue weighted by Crippen LogP contribution is -2.12. The standard InChI is InChI=1S/C12H14N4O/c1-8(13)9-2-4-10(5-3-9)15-12(17)11-6-7-14-16-11/h2-8H,13H2,1H3,(H,14,16)(H,15,17). The minimum absolute atomic E-state index is 0.00708. The van der Waals surface area contributed by atoms with Crippen molar-refractivity contribution in [2.24, 2.45) is 5.73 Å². The van der Waals surface area contributed by atoms with Crippen LogP contribution in [0.3, 0.4) is 0 Å². The van der Waals surface area contributed by atoms with Crippen molar-refractivity contribution in [3.05, 3.63) is 47.8 Å². The zero-order valence-corrected chi connectivity index (χ0v) is 9.47. The lowest BCUT2D eigenvalue weighted by Gasteiger charge is -2.07. The third-order valence-electron chi connectivity index (χ3n) is 2.44. The van der Waals surface area contributed by atoms with Gasteiger partial charge in [-0.1, -0.05) is 12.1 Å². The van der Waals surface area contributed by atoms with Gasteiger partial charge in [0.2, 0.25) is 0 Å². The Labute approximate surface area is 99.0 Å². The van der Waals surface area contributed by atoms with Gasteiger partial charge in [0.05, 0.1) is 0 Å². The Morgan fingerprint density at radius 1 is 1.35 bits per heavy atom. The van der Waals surface area contributed by atoms with Crippen molar-refractivity contribution in [1.82, 2.24) is 10.2 Å². The van der Waals surface area contributed by atoms with Crippen LogP contribution in [0.1, 0.15) is 29.0 Å². The predicted octanol–water partition coefficient (Wildman–Crippen LogP) is 1.68. The SMILES string of the molecule is CC(N)c1ccc(NC(=O)c2ccn[nH]2)cc1. The first-order valence-electron chi connectivity index (χ1n) is 5.33. The summed E-state index contributed by atoms with van der Waals surface area (Å²) in [4.78, 5) is 11.7. The molecule has 0 bridgehead atoms. The average molecular weight is 230 g/mol. The summed E-state index contributed by atoms with van der Waals surface area (Å²) in [6.45, 7) is 1.91. The molecule has 1 aromatic heterocycles. The Bertz CT molecular complexity index is 488. The number of aromatic amines is 1. The summed E-state index contributed by atoms with van der Waals surface area (Å²) >= 11 is 0. The molecule has 0 aliphatic heterocycles. The average Bonchev–Trinajstić information content (AvgIpc) is 2.83. The number of aromatic nitrogens is 2. The molecule has 1 heterocycles. The van der Waals surface area contributed by atoms with Crippen LogP contribution < -0.4 is 11.1 Å². The second kappa shape index (κ2) is 4.80. The van der Waals surface area contributed by atoms with Crippen LogP contribution in [-0.2, 0) is 0 Å². The first-order valence-corrected chi connectivity index (χ1v) is 5.33. The molecule has 0 saturated heterocycles. The van der Waals surface area contributed by atoms with E-state index in [1.165, 1.54) is 6.20 Å². The number of hydrogen-bond acceptors (Lipinski definition) is 3. The highest BCUT2D eigenvalue weighted by molar-refractivity contribution is 6.02. The van der Waals surface area contributed by atoms with Crippen LogP contribution in [0.2, 0.25) is 0 Å². The number of nitrogens with zero attached hydrogens (tertiary/aromatic N) is 1. The highest BCUT2D eigenvalue weighted by atomic mass is 16.1. The molecule has 1 aromatic carbocycles. The number of H-pyrrole nitrogens is 1. The lowest BCUT2D eigenvalue weighted by molar-refractivity contribution is 0.102. The topological polar surface area (TPSA) is 83.8 Å². The summed E-state index contributed by atoms with van der Waals surface area (Å²) in [6.07, 6.45) is 1.54. The molecule has 0 saturated carbocycles. The number of amides is 1. The molecular weight excluding hydrogens is 216 g/mol. The van der Waals surface area contributed by atoms with E-state index < -0.39 is 0 Å². The Morgan fingerprint density at radius 3 is 2.59 bits per heavy atom. The quantitative estimate of drug-likeness (QED) is 0.750. The fourth-order valence-electron chi connectivity index (χ4n) is 1.45. The highest BCUT2D eigenvalue weighted by Gasteiger charge is 2.07. The van der Waals surface area contributed by atoms with Crippen LogP contribution in [0.4, 0.5) is 5.69 Å². The third kappa shape index (κ3) is 2.70. The van der Waals surface area contributed by atoms with E-state index in [9.17, 15) is 4.79 Å². The van der Waals surface area contributed by atoms with Gasteiger partial charge in [-0.05, 0) is 30.7 Å². The maximum Gasteiger partial charge on any atom is 0.273 e. The summed E-state index contributed by atoms with van der Waals surface area (Å²) in [7, 11) is 0. The van der Waals surface area contributed by atoms with Crippen molar-refractivity contribution < 1.29 is 4.79 Å². The number of hydrogen-bond donors (Lipinski definition) is 3. The van der Waals surface area contributed by atoms with E-state index in [4.69, 9.17) is 5.73 Å². The smallest absolute Gasteiger partial charge is 0.273 e. The van der Waals surface area contributed by atoms with Crippen molar-refractivity contribution in [2.75, 3.05) is 5.32 Å². The summed E-state index contributed by atoms with van der Waals surface area (Å²) in [6, 6.07) is 9.05. The first-order chi connectivity index (χ1) is 8.16. The van der Waals surface area contributed by atoms with Crippen LogP contribution in [0.25, 0.3) is 0 Å². The van der Waals surface area contributed by atoms with Gasteiger partial charge in [0.1, 0.15) is 5.69 Å². The van der Waals surface area contributed by atoms with E-state index >= 15 is 0 Å². The Morgan fingerprint density at radius 2 is 2.06 bits per heavy atom. The molecule has 2 rings (SSSR count).